The quantitative estimate of drug-likeness (QED) is 0.837. The van der Waals surface area contributed by atoms with E-state index in [9.17, 15) is 4.39 Å². The molecular formula is C15H19FN2. The third-order valence-electron chi connectivity index (χ3n) is 4.41. The number of fused-ring (bicyclic) bond motifs is 1. The monoisotopic (exact) mass is 246 g/mol. The standard InChI is InChI=1S/C15H19FN2/c16-13-8-11-4-7-18-14(11)9-12(13)15(10-17)5-2-1-3-6-15/h4,7-9,18H,1-3,5-6,10,17H2. The van der Waals surface area contributed by atoms with Crippen LogP contribution in [0.25, 0.3) is 10.9 Å². The third-order valence-corrected chi connectivity index (χ3v) is 4.41. The van der Waals surface area contributed by atoms with E-state index in [-0.39, 0.29) is 11.2 Å². The van der Waals surface area contributed by atoms with Crippen LogP contribution in [0, 0.1) is 5.82 Å². The van der Waals surface area contributed by atoms with Gasteiger partial charge < -0.3 is 10.7 Å². The first-order chi connectivity index (χ1) is 8.75. The summed E-state index contributed by atoms with van der Waals surface area (Å²) in [6, 6.07) is 5.49. The lowest BCUT2D eigenvalue weighted by molar-refractivity contribution is 0.292. The zero-order valence-electron chi connectivity index (χ0n) is 10.5. The van der Waals surface area contributed by atoms with Crippen LogP contribution in [0.1, 0.15) is 37.7 Å². The molecule has 0 unspecified atom stereocenters. The number of nitrogens with one attached hydrogen (secondary N) is 1. The van der Waals surface area contributed by atoms with E-state index in [2.05, 4.69) is 4.98 Å². The van der Waals surface area contributed by atoms with Gasteiger partial charge >= 0.3 is 0 Å². The van der Waals surface area contributed by atoms with Gasteiger partial charge in [-0.2, -0.15) is 0 Å². The van der Waals surface area contributed by atoms with Crippen molar-refractivity contribution >= 4 is 10.9 Å². The number of rotatable bonds is 2. The lowest BCUT2D eigenvalue weighted by atomic mass is 9.69. The van der Waals surface area contributed by atoms with Crippen LogP contribution in [0.2, 0.25) is 0 Å². The molecule has 0 amide bonds. The maximum absolute atomic E-state index is 14.3. The summed E-state index contributed by atoms with van der Waals surface area (Å²) in [5.74, 6) is -0.102. The number of halogens is 1. The van der Waals surface area contributed by atoms with E-state index in [1.807, 2.05) is 18.3 Å². The van der Waals surface area contributed by atoms with Crippen molar-refractivity contribution in [1.82, 2.24) is 4.98 Å². The Bertz CT molecular complexity index is 553. The molecule has 0 saturated heterocycles. The van der Waals surface area contributed by atoms with E-state index in [4.69, 9.17) is 5.73 Å². The predicted molar refractivity (Wildman–Crippen MR) is 72.1 cm³/mol. The molecule has 96 valence electrons. The summed E-state index contributed by atoms with van der Waals surface area (Å²) in [5.41, 5.74) is 7.64. The van der Waals surface area contributed by atoms with Crippen LogP contribution in [0.15, 0.2) is 24.4 Å². The Morgan fingerprint density at radius 3 is 2.72 bits per heavy atom. The van der Waals surface area contributed by atoms with Crippen molar-refractivity contribution in [2.24, 2.45) is 5.73 Å². The summed E-state index contributed by atoms with van der Waals surface area (Å²) in [4.78, 5) is 3.16. The molecule has 0 atom stereocenters. The topological polar surface area (TPSA) is 41.8 Å². The Balaban J connectivity index is 2.13. The summed E-state index contributed by atoms with van der Waals surface area (Å²) < 4.78 is 14.3. The molecule has 3 N–H and O–H groups in total. The second-order valence-corrected chi connectivity index (χ2v) is 5.44. The maximum Gasteiger partial charge on any atom is 0.127 e. The lowest BCUT2D eigenvalue weighted by Crippen LogP contribution is -2.38. The van der Waals surface area contributed by atoms with Crippen LogP contribution in [0.3, 0.4) is 0 Å². The molecule has 0 spiro atoms. The molecule has 1 aliphatic carbocycles. The van der Waals surface area contributed by atoms with Crippen LogP contribution < -0.4 is 5.73 Å². The summed E-state index contributed by atoms with van der Waals surface area (Å²) in [6.45, 7) is 0.538. The van der Waals surface area contributed by atoms with E-state index < -0.39 is 0 Å². The van der Waals surface area contributed by atoms with Crippen molar-refractivity contribution in [3.05, 3.63) is 35.8 Å². The van der Waals surface area contributed by atoms with Gasteiger partial charge in [-0.05, 0) is 36.6 Å². The maximum atomic E-state index is 14.3. The van der Waals surface area contributed by atoms with Crippen molar-refractivity contribution in [3.8, 4) is 0 Å². The number of nitrogens with two attached hydrogens (primary N) is 1. The molecule has 2 nitrogen and oxygen atoms in total. The molecule has 1 aromatic heterocycles. The largest absolute Gasteiger partial charge is 0.361 e. The van der Waals surface area contributed by atoms with Crippen molar-refractivity contribution in [2.45, 2.75) is 37.5 Å². The van der Waals surface area contributed by atoms with Crippen LogP contribution >= 0.6 is 0 Å². The zero-order chi connectivity index (χ0) is 12.6. The number of benzene rings is 1. The molecule has 3 heteroatoms. The van der Waals surface area contributed by atoms with Gasteiger partial charge in [-0.25, -0.2) is 4.39 Å². The lowest BCUT2D eigenvalue weighted by Gasteiger charge is -2.37. The number of hydrogen-bond acceptors (Lipinski definition) is 1. The van der Waals surface area contributed by atoms with Gasteiger partial charge in [0.1, 0.15) is 5.82 Å². The van der Waals surface area contributed by atoms with Gasteiger partial charge in [-0.15, -0.1) is 0 Å². The molecule has 3 rings (SSSR count). The van der Waals surface area contributed by atoms with Crippen LogP contribution in [0.5, 0.6) is 0 Å². The van der Waals surface area contributed by atoms with Gasteiger partial charge in [0.25, 0.3) is 0 Å². The average molecular weight is 246 g/mol. The fraction of sp³-hybridized carbons (Fsp3) is 0.467. The number of hydrogen-bond donors (Lipinski definition) is 2. The van der Waals surface area contributed by atoms with Gasteiger partial charge in [-0.3, -0.25) is 0 Å². The average Bonchev–Trinajstić information content (AvgIpc) is 2.85. The first kappa shape index (κ1) is 11.7. The first-order valence-corrected chi connectivity index (χ1v) is 6.72. The highest BCUT2D eigenvalue weighted by molar-refractivity contribution is 5.80. The SMILES string of the molecule is NCC1(c2cc3[nH]ccc3cc2F)CCCCC1. The van der Waals surface area contributed by atoms with E-state index in [1.165, 1.54) is 6.42 Å². The smallest absolute Gasteiger partial charge is 0.127 e. The van der Waals surface area contributed by atoms with Crippen LogP contribution in [-0.2, 0) is 5.41 Å². The highest BCUT2D eigenvalue weighted by Crippen LogP contribution is 2.40. The molecular weight excluding hydrogens is 227 g/mol. The van der Waals surface area contributed by atoms with Gasteiger partial charge in [-0.1, -0.05) is 19.3 Å². The van der Waals surface area contributed by atoms with Crippen molar-refractivity contribution in [3.63, 3.8) is 0 Å². The van der Waals surface area contributed by atoms with Gasteiger partial charge in [0, 0.05) is 29.1 Å². The fourth-order valence-electron chi connectivity index (χ4n) is 3.29. The Morgan fingerprint density at radius 1 is 1.22 bits per heavy atom. The highest BCUT2D eigenvalue weighted by Gasteiger charge is 2.35. The summed E-state index contributed by atoms with van der Waals surface area (Å²) in [5, 5.41) is 0.930. The third kappa shape index (κ3) is 1.74. The zero-order valence-corrected chi connectivity index (χ0v) is 10.5. The van der Waals surface area contributed by atoms with Gasteiger partial charge in [0.05, 0.1) is 0 Å². The molecule has 1 fully saturated rings. The minimum Gasteiger partial charge on any atom is -0.361 e. The van der Waals surface area contributed by atoms with Crippen molar-refractivity contribution in [1.29, 1.82) is 0 Å². The minimum absolute atomic E-state index is 0.102. The fourth-order valence-corrected chi connectivity index (χ4v) is 3.29. The molecule has 1 aliphatic rings. The van der Waals surface area contributed by atoms with E-state index in [0.29, 0.717) is 6.54 Å². The molecule has 18 heavy (non-hydrogen) atoms. The number of aromatic amines is 1. The molecule has 1 heterocycles. The first-order valence-electron chi connectivity index (χ1n) is 6.72. The van der Waals surface area contributed by atoms with Crippen LogP contribution in [-0.4, -0.2) is 11.5 Å². The molecule has 0 radical (unpaired) electrons. The Morgan fingerprint density at radius 2 is 2.00 bits per heavy atom. The minimum atomic E-state index is -0.151. The van der Waals surface area contributed by atoms with Gasteiger partial charge in [0.2, 0.25) is 0 Å². The number of aromatic nitrogens is 1. The highest BCUT2D eigenvalue weighted by atomic mass is 19.1. The molecule has 1 saturated carbocycles. The molecule has 0 bridgehead atoms. The second-order valence-electron chi connectivity index (χ2n) is 5.44. The Kier molecular flexibility index (Phi) is 2.86. The van der Waals surface area contributed by atoms with E-state index >= 15 is 0 Å². The summed E-state index contributed by atoms with van der Waals surface area (Å²) in [6.07, 6.45) is 7.41. The van der Waals surface area contributed by atoms with Crippen molar-refractivity contribution < 1.29 is 4.39 Å². The normalized spacial score (nSPS) is 19.2. The van der Waals surface area contributed by atoms with Crippen LogP contribution in [0.4, 0.5) is 4.39 Å². The van der Waals surface area contributed by atoms with E-state index in [1.54, 1.807) is 6.07 Å². The summed E-state index contributed by atoms with van der Waals surface area (Å²) >= 11 is 0. The second kappa shape index (κ2) is 4.39. The summed E-state index contributed by atoms with van der Waals surface area (Å²) in [7, 11) is 0. The predicted octanol–water partition coefficient (Wildman–Crippen LogP) is 3.47. The molecule has 2 aromatic rings. The Hall–Kier alpha value is -1.35. The van der Waals surface area contributed by atoms with Gasteiger partial charge in [0.15, 0.2) is 0 Å². The molecule has 0 aliphatic heterocycles. The van der Waals surface area contributed by atoms with Crippen molar-refractivity contribution in [2.75, 3.05) is 6.54 Å². The number of H-pyrrole nitrogens is 1. The van der Waals surface area contributed by atoms with E-state index in [0.717, 1.165) is 42.1 Å². The molecule has 1 aromatic carbocycles. The Labute approximate surface area is 106 Å².